The van der Waals surface area contributed by atoms with E-state index >= 15 is 0 Å². The number of thiophene rings is 2. The molecule has 0 spiro atoms. The molecule has 0 saturated carbocycles. The molecule has 1 aliphatic heterocycles. The number of hydrogen-bond acceptors (Lipinski definition) is 6. The van der Waals surface area contributed by atoms with Gasteiger partial charge in [0.1, 0.15) is 12.7 Å². The summed E-state index contributed by atoms with van der Waals surface area (Å²) >= 11 is 3.43. The van der Waals surface area contributed by atoms with Crippen LogP contribution in [0.2, 0.25) is 0 Å². The van der Waals surface area contributed by atoms with Gasteiger partial charge < -0.3 is 14.8 Å². The van der Waals surface area contributed by atoms with E-state index < -0.39 is 0 Å². The van der Waals surface area contributed by atoms with Gasteiger partial charge in [0, 0.05) is 22.8 Å². The van der Waals surface area contributed by atoms with Gasteiger partial charge in [-0.2, -0.15) is 0 Å². The molecule has 5 nitrogen and oxygen atoms in total. The van der Waals surface area contributed by atoms with Crippen molar-refractivity contribution in [1.82, 2.24) is 10.2 Å². The average molecular weight is 415 g/mol. The van der Waals surface area contributed by atoms with Gasteiger partial charge in [-0.3, -0.25) is 9.69 Å². The Morgan fingerprint density at radius 3 is 2.32 bits per heavy atom. The van der Waals surface area contributed by atoms with E-state index in [1.165, 1.54) is 9.75 Å². The minimum Gasteiger partial charge on any atom is -0.486 e. The Bertz CT molecular complexity index is 845. The average Bonchev–Trinajstić information content (AvgIpc) is 3.40. The monoisotopic (exact) mass is 414 g/mol. The standard InChI is InChI=1S/C21H22N2O3S2/c24-21(22-11-16-15-25-19-7-1-2-8-20(19)26-16)14-23(12-17-5-3-9-27-17)13-18-6-4-10-28-18/h1-10,16H,11-15H2,(H,22,24). The molecule has 28 heavy (non-hydrogen) atoms. The van der Waals surface area contributed by atoms with Crippen molar-refractivity contribution in [3.05, 3.63) is 69.0 Å². The zero-order valence-electron chi connectivity index (χ0n) is 15.4. The lowest BCUT2D eigenvalue weighted by molar-refractivity contribution is -0.123. The van der Waals surface area contributed by atoms with Crippen LogP contribution in [0.1, 0.15) is 9.75 Å². The first kappa shape index (κ1) is 19.0. The van der Waals surface area contributed by atoms with Crippen molar-refractivity contribution in [1.29, 1.82) is 0 Å². The SMILES string of the molecule is O=C(CN(Cc1cccs1)Cc1cccs1)NCC1COc2ccccc2O1. The number of ether oxygens (including phenoxy) is 2. The Kier molecular flexibility index (Phi) is 6.26. The van der Waals surface area contributed by atoms with E-state index in [-0.39, 0.29) is 12.0 Å². The molecule has 0 aliphatic carbocycles. The number of carbonyl (C=O) groups is 1. The minimum absolute atomic E-state index is 0.00410. The first-order chi connectivity index (χ1) is 13.8. The van der Waals surface area contributed by atoms with Crippen molar-refractivity contribution in [2.24, 2.45) is 0 Å². The fraction of sp³-hybridized carbons (Fsp3) is 0.286. The zero-order valence-corrected chi connectivity index (χ0v) is 17.0. The Morgan fingerprint density at radius 1 is 1.00 bits per heavy atom. The third-order valence-electron chi connectivity index (χ3n) is 4.38. The molecule has 7 heteroatoms. The molecule has 0 fully saturated rings. The molecular formula is C21H22N2O3S2. The maximum Gasteiger partial charge on any atom is 0.234 e. The molecule has 1 aliphatic rings. The highest BCUT2D eigenvalue weighted by molar-refractivity contribution is 7.10. The summed E-state index contributed by atoms with van der Waals surface area (Å²) in [4.78, 5) is 17.2. The highest BCUT2D eigenvalue weighted by Crippen LogP contribution is 2.30. The molecular weight excluding hydrogens is 392 g/mol. The smallest absolute Gasteiger partial charge is 0.234 e. The topological polar surface area (TPSA) is 50.8 Å². The van der Waals surface area contributed by atoms with Gasteiger partial charge in [-0.25, -0.2) is 0 Å². The number of fused-ring (bicyclic) bond motifs is 1. The van der Waals surface area contributed by atoms with Crippen LogP contribution < -0.4 is 14.8 Å². The summed E-state index contributed by atoms with van der Waals surface area (Å²) in [6.07, 6.45) is -0.179. The van der Waals surface area contributed by atoms with Gasteiger partial charge in [-0.1, -0.05) is 24.3 Å². The van der Waals surface area contributed by atoms with E-state index in [9.17, 15) is 4.79 Å². The van der Waals surface area contributed by atoms with Crippen molar-refractivity contribution in [3.8, 4) is 11.5 Å². The molecule has 1 atom stereocenters. The number of rotatable bonds is 8. The van der Waals surface area contributed by atoms with Crippen molar-refractivity contribution in [2.45, 2.75) is 19.2 Å². The number of nitrogens with zero attached hydrogens (tertiary/aromatic N) is 1. The van der Waals surface area contributed by atoms with E-state index in [0.717, 1.165) is 24.6 Å². The maximum absolute atomic E-state index is 12.6. The van der Waals surface area contributed by atoms with Crippen LogP contribution >= 0.6 is 22.7 Å². The number of benzene rings is 1. The normalized spacial score (nSPS) is 15.5. The summed E-state index contributed by atoms with van der Waals surface area (Å²) in [7, 11) is 0. The number of carbonyl (C=O) groups excluding carboxylic acids is 1. The van der Waals surface area contributed by atoms with Gasteiger partial charge in [0.2, 0.25) is 5.91 Å². The van der Waals surface area contributed by atoms with Gasteiger partial charge in [0.05, 0.1) is 13.1 Å². The van der Waals surface area contributed by atoms with Gasteiger partial charge in [-0.15, -0.1) is 22.7 Å². The van der Waals surface area contributed by atoms with E-state index in [1.54, 1.807) is 22.7 Å². The van der Waals surface area contributed by atoms with E-state index in [2.05, 4.69) is 33.1 Å². The van der Waals surface area contributed by atoms with Gasteiger partial charge >= 0.3 is 0 Å². The van der Waals surface area contributed by atoms with Gasteiger partial charge in [0.25, 0.3) is 0 Å². The summed E-state index contributed by atoms with van der Waals surface area (Å²) in [5.41, 5.74) is 0. The quantitative estimate of drug-likeness (QED) is 0.610. The summed E-state index contributed by atoms with van der Waals surface area (Å²) in [6, 6.07) is 15.9. The molecule has 146 valence electrons. The molecule has 1 unspecified atom stereocenters. The van der Waals surface area contributed by atoms with Gasteiger partial charge in [0.15, 0.2) is 11.5 Å². The summed E-state index contributed by atoms with van der Waals surface area (Å²) in [6.45, 7) is 2.74. The van der Waals surface area contributed by atoms with Crippen LogP contribution in [0.5, 0.6) is 11.5 Å². The van der Waals surface area contributed by atoms with Crippen LogP contribution in [0.15, 0.2) is 59.3 Å². The summed E-state index contributed by atoms with van der Waals surface area (Å²) in [5, 5.41) is 7.13. The third-order valence-corrected chi connectivity index (χ3v) is 6.10. The fourth-order valence-electron chi connectivity index (χ4n) is 3.06. The van der Waals surface area contributed by atoms with Gasteiger partial charge in [-0.05, 0) is 35.0 Å². The highest BCUT2D eigenvalue weighted by Gasteiger charge is 2.21. The zero-order chi connectivity index (χ0) is 19.2. The van der Waals surface area contributed by atoms with Crippen LogP contribution in [0, 0.1) is 0 Å². The van der Waals surface area contributed by atoms with E-state index in [0.29, 0.717) is 19.7 Å². The van der Waals surface area contributed by atoms with Crippen LogP contribution in [-0.4, -0.2) is 36.6 Å². The lowest BCUT2D eigenvalue weighted by Gasteiger charge is -2.27. The van der Waals surface area contributed by atoms with Crippen LogP contribution in [0.25, 0.3) is 0 Å². The number of para-hydroxylation sites is 2. The predicted molar refractivity (Wildman–Crippen MR) is 112 cm³/mol. The molecule has 4 rings (SSSR count). The summed E-state index contributed by atoms with van der Waals surface area (Å²) in [5.74, 6) is 1.48. The van der Waals surface area contributed by atoms with Crippen molar-refractivity contribution in [3.63, 3.8) is 0 Å². The lowest BCUT2D eigenvalue weighted by atomic mass is 10.2. The maximum atomic E-state index is 12.6. The highest BCUT2D eigenvalue weighted by atomic mass is 32.1. The lowest BCUT2D eigenvalue weighted by Crippen LogP contribution is -2.44. The Labute approximate surface area is 172 Å². The Morgan fingerprint density at radius 2 is 1.68 bits per heavy atom. The molecule has 3 heterocycles. The number of hydrogen-bond donors (Lipinski definition) is 1. The fourth-order valence-corrected chi connectivity index (χ4v) is 4.56. The second-order valence-corrected chi connectivity index (χ2v) is 8.67. The minimum atomic E-state index is -0.179. The second kappa shape index (κ2) is 9.23. The molecule has 3 aromatic rings. The molecule has 0 saturated heterocycles. The molecule has 1 aromatic carbocycles. The largest absolute Gasteiger partial charge is 0.486 e. The molecule has 2 aromatic heterocycles. The van der Waals surface area contributed by atoms with E-state index in [1.807, 2.05) is 36.4 Å². The number of nitrogens with one attached hydrogen (secondary N) is 1. The van der Waals surface area contributed by atoms with E-state index in [4.69, 9.17) is 9.47 Å². The van der Waals surface area contributed by atoms with Crippen molar-refractivity contribution < 1.29 is 14.3 Å². The Balaban J connectivity index is 1.30. The van der Waals surface area contributed by atoms with Crippen molar-refractivity contribution >= 4 is 28.6 Å². The molecule has 1 N–H and O–H groups in total. The second-order valence-electron chi connectivity index (χ2n) is 6.61. The number of amides is 1. The first-order valence-corrected chi connectivity index (χ1v) is 10.9. The van der Waals surface area contributed by atoms with Crippen LogP contribution in [0.3, 0.4) is 0 Å². The first-order valence-electron chi connectivity index (χ1n) is 9.18. The summed E-state index contributed by atoms with van der Waals surface area (Å²) < 4.78 is 11.6. The molecule has 0 bridgehead atoms. The predicted octanol–water partition coefficient (Wildman–Crippen LogP) is 3.77. The van der Waals surface area contributed by atoms with Crippen LogP contribution in [-0.2, 0) is 17.9 Å². The molecule has 1 amide bonds. The Hall–Kier alpha value is -2.35. The molecule has 0 radical (unpaired) electrons. The van der Waals surface area contributed by atoms with Crippen LogP contribution in [0.4, 0.5) is 0 Å². The van der Waals surface area contributed by atoms with Crippen molar-refractivity contribution in [2.75, 3.05) is 19.7 Å². The third kappa shape index (κ3) is 5.13.